The Morgan fingerprint density at radius 3 is 2.52 bits per heavy atom. The van der Waals surface area contributed by atoms with Gasteiger partial charge in [-0.1, -0.05) is 5.16 Å². The van der Waals surface area contributed by atoms with Crippen LogP contribution in [-0.2, 0) is 12.8 Å². The molecule has 0 saturated carbocycles. The van der Waals surface area contributed by atoms with Crippen LogP contribution in [0.25, 0.3) is 5.82 Å². The molecule has 8 heteroatoms. The summed E-state index contributed by atoms with van der Waals surface area (Å²) >= 11 is 0. The first kappa shape index (κ1) is 17.9. The molecule has 0 spiro atoms. The van der Waals surface area contributed by atoms with Crippen LogP contribution in [0, 0.1) is 6.92 Å². The number of nitrogens with zero attached hydrogens (tertiary/aromatic N) is 6. The highest BCUT2D eigenvalue weighted by atomic mass is 16.5. The number of piperazine rings is 1. The van der Waals surface area contributed by atoms with Crippen molar-refractivity contribution in [2.75, 3.05) is 31.1 Å². The van der Waals surface area contributed by atoms with Gasteiger partial charge in [0.15, 0.2) is 5.69 Å². The van der Waals surface area contributed by atoms with Crippen LogP contribution in [0.15, 0.2) is 35.1 Å². The molecule has 1 aliphatic carbocycles. The van der Waals surface area contributed by atoms with E-state index in [4.69, 9.17) is 4.52 Å². The van der Waals surface area contributed by atoms with E-state index in [0.717, 1.165) is 67.6 Å². The molecule has 4 heterocycles. The van der Waals surface area contributed by atoms with Crippen molar-refractivity contribution in [3.63, 3.8) is 0 Å². The van der Waals surface area contributed by atoms with Crippen molar-refractivity contribution in [2.45, 2.75) is 32.6 Å². The van der Waals surface area contributed by atoms with Crippen molar-refractivity contribution in [1.82, 2.24) is 24.6 Å². The largest absolute Gasteiger partial charge is 0.360 e. The third-order valence-electron chi connectivity index (χ3n) is 5.72. The summed E-state index contributed by atoms with van der Waals surface area (Å²) in [4.78, 5) is 26.2. The van der Waals surface area contributed by atoms with E-state index in [1.54, 1.807) is 0 Å². The molecule has 0 atom stereocenters. The molecule has 3 aromatic heterocycles. The van der Waals surface area contributed by atoms with Gasteiger partial charge in [0, 0.05) is 56.6 Å². The van der Waals surface area contributed by atoms with E-state index in [-0.39, 0.29) is 5.91 Å². The first-order valence-corrected chi connectivity index (χ1v) is 10.2. The number of amides is 1. The topological polar surface area (TPSA) is 80.3 Å². The lowest BCUT2D eigenvalue weighted by atomic mass is 9.96. The van der Waals surface area contributed by atoms with Gasteiger partial charge in [-0.2, -0.15) is 0 Å². The Hall–Kier alpha value is -3.16. The number of fused-ring (bicyclic) bond motifs is 1. The molecule has 1 aliphatic heterocycles. The molecular weight excluding hydrogens is 368 g/mol. The number of anilines is 1. The quantitative estimate of drug-likeness (QED) is 0.681. The lowest BCUT2D eigenvalue weighted by Crippen LogP contribution is -2.49. The average molecular weight is 392 g/mol. The Balaban J connectivity index is 1.30. The van der Waals surface area contributed by atoms with Gasteiger partial charge in [-0.3, -0.25) is 4.79 Å². The zero-order chi connectivity index (χ0) is 19.8. The van der Waals surface area contributed by atoms with Crippen molar-refractivity contribution in [3.8, 4) is 5.82 Å². The van der Waals surface area contributed by atoms with E-state index >= 15 is 0 Å². The number of aromatic nitrogens is 4. The zero-order valence-corrected chi connectivity index (χ0v) is 16.5. The second-order valence-corrected chi connectivity index (χ2v) is 7.64. The fraction of sp³-hybridized carbons (Fsp3) is 0.429. The molecule has 0 bridgehead atoms. The molecule has 1 fully saturated rings. The van der Waals surface area contributed by atoms with E-state index in [1.807, 2.05) is 47.0 Å². The van der Waals surface area contributed by atoms with Gasteiger partial charge in [0.2, 0.25) is 0 Å². The van der Waals surface area contributed by atoms with Crippen LogP contribution >= 0.6 is 0 Å². The average Bonchev–Trinajstić information content (AvgIpc) is 3.43. The first-order valence-electron chi connectivity index (χ1n) is 10.2. The summed E-state index contributed by atoms with van der Waals surface area (Å²) in [5, 5.41) is 4.10. The summed E-state index contributed by atoms with van der Waals surface area (Å²) in [6.45, 7) is 4.65. The van der Waals surface area contributed by atoms with Crippen molar-refractivity contribution >= 4 is 11.7 Å². The number of carbonyl (C=O) groups is 1. The summed E-state index contributed by atoms with van der Waals surface area (Å²) in [7, 11) is 0. The lowest BCUT2D eigenvalue weighted by Gasteiger charge is -2.35. The van der Waals surface area contributed by atoms with Crippen molar-refractivity contribution in [2.24, 2.45) is 0 Å². The van der Waals surface area contributed by atoms with Gasteiger partial charge < -0.3 is 18.9 Å². The monoisotopic (exact) mass is 392 g/mol. The summed E-state index contributed by atoms with van der Waals surface area (Å²) in [5.74, 6) is 3.37. The minimum absolute atomic E-state index is 0.0107. The molecule has 3 aromatic rings. The highest BCUT2D eigenvalue weighted by Crippen LogP contribution is 2.26. The summed E-state index contributed by atoms with van der Waals surface area (Å²) in [5.41, 5.74) is 1.53. The fourth-order valence-electron chi connectivity index (χ4n) is 4.16. The Morgan fingerprint density at radius 1 is 1.00 bits per heavy atom. The predicted octanol–water partition coefficient (Wildman–Crippen LogP) is 2.40. The van der Waals surface area contributed by atoms with Crippen LogP contribution in [0.5, 0.6) is 0 Å². The number of carbonyl (C=O) groups excluding carboxylic acids is 1. The molecule has 8 nitrogen and oxygen atoms in total. The van der Waals surface area contributed by atoms with E-state index in [1.165, 1.54) is 0 Å². The number of hydrogen-bond acceptors (Lipinski definition) is 6. The number of rotatable bonds is 3. The molecule has 150 valence electrons. The Labute approximate surface area is 169 Å². The van der Waals surface area contributed by atoms with Crippen LogP contribution < -0.4 is 4.90 Å². The van der Waals surface area contributed by atoms with Gasteiger partial charge in [-0.25, -0.2) is 9.97 Å². The van der Waals surface area contributed by atoms with Crippen molar-refractivity contribution in [3.05, 3.63) is 53.4 Å². The number of hydrogen-bond donors (Lipinski definition) is 0. The summed E-state index contributed by atoms with van der Waals surface area (Å²) in [6.07, 6.45) is 7.93. The molecule has 0 unspecified atom stereocenters. The third-order valence-corrected chi connectivity index (χ3v) is 5.72. The van der Waals surface area contributed by atoms with Gasteiger partial charge >= 0.3 is 0 Å². The second-order valence-electron chi connectivity index (χ2n) is 7.64. The van der Waals surface area contributed by atoms with E-state index < -0.39 is 0 Å². The predicted molar refractivity (Wildman–Crippen MR) is 107 cm³/mol. The Kier molecular flexibility index (Phi) is 4.54. The molecule has 0 aromatic carbocycles. The molecular formula is C21H24N6O2. The van der Waals surface area contributed by atoms with Crippen LogP contribution in [-0.4, -0.2) is 56.7 Å². The normalized spacial score (nSPS) is 16.7. The second kappa shape index (κ2) is 7.35. The molecule has 1 saturated heterocycles. The van der Waals surface area contributed by atoms with E-state index in [2.05, 4.69) is 20.0 Å². The Morgan fingerprint density at radius 2 is 1.72 bits per heavy atom. The maximum atomic E-state index is 13.0. The molecule has 0 radical (unpaired) electrons. The highest BCUT2D eigenvalue weighted by molar-refractivity contribution is 5.94. The van der Waals surface area contributed by atoms with Crippen LogP contribution in [0.2, 0.25) is 0 Å². The standard InChI is InChI=1S/C21H24N6O2/c1-15-22-18(25-8-4-5-9-25)14-19(23-15)26-10-12-27(13-11-26)21(28)20-16-6-2-3-7-17(16)29-24-20/h4-5,8-9,14H,2-3,6-7,10-13H2,1H3. The molecule has 2 aliphatic rings. The lowest BCUT2D eigenvalue weighted by molar-refractivity contribution is 0.0735. The van der Waals surface area contributed by atoms with Crippen molar-refractivity contribution < 1.29 is 9.32 Å². The van der Waals surface area contributed by atoms with Gasteiger partial charge in [0.25, 0.3) is 5.91 Å². The molecule has 5 rings (SSSR count). The van der Waals surface area contributed by atoms with Crippen LogP contribution in [0.3, 0.4) is 0 Å². The molecule has 1 amide bonds. The van der Waals surface area contributed by atoms with Gasteiger partial charge in [0.1, 0.15) is 23.2 Å². The van der Waals surface area contributed by atoms with Gasteiger partial charge in [-0.05, 0) is 38.3 Å². The smallest absolute Gasteiger partial charge is 0.276 e. The maximum Gasteiger partial charge on any atom is 0.276 e. The fourth-order valence-corrected chi connectivity index (χ4v) is 4.16. The molecule has 29 heavy (non-hydrogen) atoms. The van der Waals surface area contributed by atoms with Crippen LogP contribution in [0.1, 0.15) is 40.5 Å². The SMILES string of the molecule is Cc1nc(N2CCN(C(=O)c3noc4c3CCCC4)CC2)cc(-n2cccc2)n1. The third kappa shape index (κ3) is 3.39. The minimum atomic E-state index is -0.0107. The molecule has 0 N–H and O–H groups in total. The van der Waals surface area contributed by atoms with E-state index in [0.29, 0.717) is 18.8 Å². The highest BCUT2D eigenvalue weighted by Gasteiger charge is 2.29. The summed E-state index contributed by atoms with van der Waals surface area (Å²) in [6, 6.07) is 5.95. The Bertz CT molecular complexity index is 1020. The maximum absolute atomic E-state index is 13.0. The van der Waals surface area contributed by atoms with E-state index in [9.17, 15) is 4.79 Å². The van der Waals surface area contributed by atoms with Gasteiger partial charge in [0.05, 0.1) is 0 Å². The number of aryl methyl sites for hydroxylation is 2. The summed E-state index contributed by atoms with van der Waals surface area (Å²) < 4.78 is 7.40. The van der Waals surface area contributed by atoms with Crippen LogP contribution in [0.4, 0.5) is 5.82 Å². The first-order chi connectivity index (χ1) is 14.2. The minimum Gasteiger partial charge on any atom is -0.360 e. The zero-order valence-electron chi connectivity index (χ0n) is 16.5. The van der Waals surface area contributed by atoms with Crippen molar-refractivity contribution in [1.29, 1.82) is 0 Å². The van der Waals surface area contributed by atoms with Gasteiger partial charge in [-0.15, -0.1) is 0 Å².